The van der Waals surface area contributed by atoms with Crippen molar-refractivity contribution in [2.75, 3.05) is 13.1 Å². The summed E-state index contributed by atoms with van der Waals surface area (Å²) in [4.78, 5) is 22.9. The minimum Gasteiger partial charge on any atom is -0.480 e. The fraction of sp³-hybridized carbons (Fsp3) is 0.500. The molecule has 0 aliphatic carbocycles. The van der Waals surface area contributed by atoms with Crippen LogP contribution < -0.4 is 10.6 Å². The number of carboxylic acid groups (broad SMARTS) is 1. The van der Waals surface area contributed by atoms with Gasteiger partial charge in [0, 0.05) is 12.1 Å². The number of amides is 1. The fourth-order valence-corrected chi connectivity index (χ4v) is 1.97. The van der Waals surface area contributed by atoms with Crippen molar-refractivity contribution in [3.63, 3.8) is 0 Å². The van der Waals surface area contributed by atoms with Gasteiger partial charge in [-0.15, -0.1) is 0 Å². The molecule has 0 aromatic heterocycles. The van der Waals surface area contributed by atoms with E-state index in [1.54, 1.807) is 12.1 Å². The summed E-state index contributed by atoms with van der Waals surface area (Å²) in [5.74, 6) is -0.957. The van der Waals surface area contributed by atoms with E-state index in [0.29, 0.717) is 31.5 Å². The normalized spacial score (nSPS) is 11.9. The highest BCUT2D eigenvalue weighted by atomic mass is 16.4. The maximum absolute atomic E-state index is 11.8. The van der Waals surface area contributed by atoms with E-state index in [4.69, 9.17) is 5.11 Å². The predicted molar refractivity (Wildman–Crippen MR) is 82.3 cm³/mol. The van der Waals surface area contributed by atoms with E-state index >= 15 is 0 Å². The van der Waals surface area contributed by atoms with Crippen molar-refractivity contribution in [2.45, 2.75) is 38.6 Å². The molecule has 0 spiro atoms. The minimum atomic E-state index is -0.833. The summed E-state index contributed by atoms with van der Waals surface area (Å²) in [7, 11) is 0. The molecule has 5 heteroatoms. The molecule has 1 aromatic rings. The third-order valence-corrected chi connectivity index (χ3v) is 3.21. The van der Waals surface area contributed by atoms with Gasteiger partial charge in [-0.1, -0.05) is 31.5 Å². The summed E-state index contributed by atoms with van der Waals surface area (Å²) in [6.07, 6.45) is 3.14. The summed E-state index contributed by atoms with van der Waals surface area (Å²) in [6.45, 7) is 3.26. The van der Waals surface area contributed by atoms with E-state index in [2.05, 4.69) is 17.6 Å². The number of aliphatic carboxylic acids is 1. The molecule has 5 nitrogen and oxygen atoms in total. The third-order valence-electron chi connectivity index (χ3n) is 3.21. The van der Waals surface area contributed by atoms with E-state index in [9.17, 15) is 9.59 Å². The summed E-state index contributed by atoms with van der Waals surface area (Å²) < 4.78 is 0. The Labute approximate surface area is 125 Å². The first-order chi connectivity index (χ1) is 10.1. The van der Waals surface area contributed by atoms with E-state index in [1.807, 2.05) is 18.2 Å². The Bertz CT molecular complexity index is 434. The van der Waals surface area contributed by atoms with Gasteiger partial charge in [-0.2, -0.15) is 0 Å². The van der Waals surface area contributed by atoms with Crippen molar-refractivity contribution < 1.29 is 14.7 Å². The number of hydrogen-bond acceptors (Lipinski definition) is 3. The molecule has 1 amide bonds. The molecule has 0 saturated carbocycles. The zero-order chi connectivity index (χ0) is 15.5. The van der Waals surface area contributed by atoms with Crippen LogP contribution in [0.15, 0.2) is 30.3 Å². The molecule has 21 heavy (non-hydrogen) atoms. The van der Waals surface area contributed by atoms with Crippen molar-refractivity contribution in [1.82, 2.24) is 10.6 Å². The zero-order valence-electron chi connectivity index (χ0n) is 12.5. The molecule has 0 saturated heterocycles. The van der Waals surface area contributed by atoms with Crippen LogP contribution in [-0.4, -0.2) is 36.1 Å². The van der Waals surface area contributed by atoms with Gasteiger partial charge in [0.15, 0.2) is 0 Å². The Morgan fingerprint density at radius 3 is 2.48 bits per heavy atom. The smallest absolute Gasteiger partial charge is 0.320 e. The van der Waals surface area contributed by atoms with Crippen LogP contribution in [0, 0.1) is 0 Å². The standard InChI is InChI=1S/C16H24N2O3/c1-2-3-11-17-14(16(20)21)10-7-12-18-15(19)13-8-5-4-6-9-13/h4-6,8-9,14,17H,2-3,7,10-12H2,1H3,(H,18,19)(H,20,21). The van der Waals surface area contributed by atoms with Crippen LogP contribution in [0.2, 0.25) is 0 Å². The molecule has 1 atom stereocenters. The molecule has 0 aliphatic heterocycles. The molecule has 0 radical (unpaired) electrons. The highest BCUT2D eigenvalue weighted by molar-refractivity contribution is 5.94. The van der Waals surface area contributed by atoms with Gasteiger partial charge in [0.05, 0.1) is 0 Å². The second-order valence-corrected chi connectivity index (χ2v) is 4.96. The molecule has 0 bridgehead atoms. The van der Waals surface area contributed by atoms with Gasteiger partial charge >= 0.3 is 5.97 Å². The number of carbonyl (C=O) groups is 2. The fourth-order valence-electron chi connectivity index (χ4n) is 1.97. The van der Waals surface area contributed by atoms with Crippen molar-refractivity contribution in [3.8, 4) is 0 Å². The van der Waals surface area contributed by atoms with Crippen LogP contribution >= 0.6 is 0 Å². The number of nitrogens with one attached hydrogen (secondary N) is 2. The average Bonchev–Trinajstić information content (AvgIpc) is 2.50. The zero-order valence-corrected chi connectivity index (χ0v) is 12.5. The highest BCUT2D eigenvalue weighted by Crippen LogP contribution is 2.00. The summed E-state index contributed by atoms with van der Waals surface area (Å²) in [5, 5.41) is 14.9. The second-order valence-electron chi connectivity index (χ2n) is 4.96. The van der Waals surface area contributed by atoms with Crippen molar-refractivity contribution in [1.29, 1.82) is 0 Å². The number of unbranched alkanes of at least 4 members (excludes halogenated alkanes) is 1. The first kappa shape index (κ1) is 17.2. The Morgan fingerprint density at radius 2 is 1.86 bits per heavy atom. The lowest BCUT2D eigenvalue weighted by molar-refractivity contribution is -0.139. The first-order valence-electron chi connectivity index (χ1n) is 7.44. The van der Waals surface area contributed by atoms with Gasteiger partial charge in [0.2, 0.25) is 0 Å². The topological polar surface area (TPSA) is 78.4 Å². The molecule has 0 heterocycles. The van der Waals surface area contributed by atoms with E-state index < -0.39 is 12.0 Å². The van der Waals surface area contributed by atoms with Crippen LogP contribution in [0.3, 0.4) is 0 Å². The predicted octanol–water partition coefficient (Wildman–Crippen LogP) is 2.04. The maximum Gasteiger partial charge on any atom is 0.320 e. The summed E-state index contributed by atoms with van der Waals surface area (Å²) in [6, 6.07) is 8.45. The van der Waals surface area contributed by atoms with Gasteiger partial charge < -0.3 is 15.7 Å². The molecule has 1 rings (SSSR count). The largest absolute Gasteiger partial charge is 0.480 e. The van der Waals surface area contributed by atoms with Gasteiger partial charge in [0.25, 0.3) is 5.91 Å². The van der Waals surface area contributed by atoms with Crippen LogP contribution in [0.4, 0.5) is 0 Å². The SMILES string of the molecule is CCCCNC(CCCNC(=O)c1ccccc1)C(=O)O. The number of hydrogen-bond donors (Lipinski definition) is 3. The molecule has 1 unspecified atom stereocenters. The molecule has 0 fully saturated rings. The Hall–Kier alpha value is -1.88. The molecule has 116 valence electrons. The number of carboxylic acids is 1. The first-order valence-corrected chi connectivity index (χ1v) is 7.44. The number of rotatable bonds is 10. The Morgan fingerprint density at radius 1 is 1.14 bits per heavy atom. The average molecular weight is 292 g/mol. The maximum atomic E-state index is 11.8. The van der Waals surface area contributed by atoms with Crippen LogP contribution in [0.25, 0.3) is 0 Å². The van der Waals surface area contributed by atoms with E-state index in [0.717, 1.165) is 12.8 Å². The minimum absolute atomic E-state index is 0.124. The Balaban J connectivity index is 2.24. The van der Waals surface area contributed by atoms with Crippen molar-refractivity contribution in [2.24, 2.45) is 0 Å². The third kappa shape index (κ3) is 6.90. The summed E-state index contributed by atoms with van der Waals surface area (Å²) in [5.41, 5.74) is 0.619. The van der Waals surface area contributed by atoms with Crippen molar-refractivity contribution in [3.05, 3.63) is 35.9 Å². The van der Waals surface area contributed by atoms with Gasteiger partial charge in [0.1, 0.15) is 6.04 Å². The van der Waals surface area contributed by atoms with Gasteiger partial charge in [-0.25, -0.2) is 0 Å². The van der Waals surface area contributed by atoms with Crippen LogP contribution in [0.5, 0.6) is 0 Å². The van der Waals surface area contributed by atoms with E-state index in [1.165, 1.54) is 0 Å². The van der Waals surface area contributed by atoms with Crippen LogP contribution in [-0.2, 0) is 4.79 Å². The summed E-state index contributed by atoms with van der Waals surface area (Å²) >= 11 is 0. The van der Waals surface area contributed by atoms with Crippen LogP contribution in [0.1, 0.15) is 43.0 Å². The number of carbonyl (C=O) groups excluding carboxylic acids is 1. The lowest BCUT2D eigenvalue weighted by atomic mass is 10.1. The van der Waals surface area contributed by atoms with Gasteiger partial charge in [-0.3, -0.25) is 9.59 Å². The molecular formula is C16H24N2O3. The molecule has 1 aromatic carbocycles. The molecule has 3 N–H and O–H groups in total. The van der Waals surface area contributed by atoms with Gasteiger partial charge in [-0.05, 0) is 37.9 Å². The lowest BCUT2D eigenvalue weighted by Gasteiger charge is -2.14. The lowest BCUT2D eigenvalue weighted by Crippen LogP contribution is -2.38. The molecular weight excluding hydrogens is 268 g/mol. The highest BCUT2D eigenvalue weighted by Gasteiger charge is 2.15. The quantitative estimate of drug-likeness (QED) is 0.577. The monoisotopic (exact) mass is 292 g/mol. The Kier molecular flexibility index (Phi) is 8.12. The van der Waals surface area contributed by atoms with E-state index in [-0.39, 0.29) is 5.91 Å². The van der Waals surface area contributed by atoms with Crippen molar-refractivity contribution >= 4 is 11.9 Å². The number of benzene rings is 1. The second kappa shape index (κ2) is 9.94. The molecule has 0 aliphatic rings.